The minimum atomic E-state index is -2.99. The zero-order chi connectivity index (χ0) is 21.1. The third kappa shape index (κ3) is 2.12. The molecule has 0 radical (unpaired) electrons. The van der Waals surface area contributed by atoms with E-state index in [1.54, 1.807) is 0 Å². The maximum absolute atomic E-state index is 13.1. The maximum Gasteiger partial charge on any atom is 0.264 e. The molecule has 0 saturated heterocycles. The van der Waals surface area contributed by atoms with Crippen LogP contribution in [0.3, 0.4) is 0 Å². The second kappa shape index (κ2) is 4.80. The summed E-state index contributed by atoms with van der Waals surface area (Å²) >= 11 is 0. The highest BCUT2D eigenvalue weighted by atomic mass is 16.2. The average Bonchev–Trinajstić information content (AvgIpc) is 2.57. The molecule has 1 aromatic heterocycles. The van der Waals surface area contributed by atoms with Crippen molar-refractivity contribution < 1.29 is 19.2 Å². The van der Waals surface area contributed by atoms with Crippen LogP contribution in [0.5, 0.6) is 0 Å². The molecule has 0 aliphatic heterocycles. The molecule has 1 aliphatic carbocycles. The van der Waals surface area contributed by atoms with Gasteiger partial charge in [0.25, 0.3) is 5.56 Å². The van der Waals surface area contributed by atoms with Crippen LogP contribution in [0.4, 0.5) is 5.69 Å². The highest BCUT2D eigenvalue weighted by Gasteiger charge is 2.30. The molecule has 0 bridgehead atoms. The first-order valence-electron chi connectivity index (χ1n) is 9.72. The maximum atomic E-state index is 13.1. The number of carbonyl (C=O) groups is 2. The molecule has 2 unspecified atom stereocenters. The van der Waals surface area contributed by atoms with Crippen LogP contribution in [-0.2, 0) is 9.59 Å². The van der Waals surface area contributed by atoms with Crippen LogP contribution in [0, 0.1) is 6.85 Å². The second-order valence-electron chi connectivity index (χ2n) is 4.69. The van der Waals surface area contributed by atoms with Crippen LogP contribution in [0.2, 0.25) is 0 Å². The van der Waals surface area contributed by atoms with Gasteiger partial charge in [0.05, 0.1) is 27.5 Å². The molecular weight excluding hydrogens is 270 g/mol. The van der Waals surface area contributed by atoms with Crippen LogP contribution in [-0.4, -0.2) is 21.1 Å². The monoisotopic (exact) mass is 292 g/mol. The second-order valence-corrected chi connectivity index (χ2v) is 4.69. The van der Waals surface area contributed by atoms with E-state index in [2.05, 4.69) is 4.98 Å². The van der Waals surface area contributed by atoms with E-state index in [9.17, 15) is 14.4 Å². The van der Waals surface area contributed by atoms with Gasteiger partial charge in [-0.25, -0.2) is 4.98 Å². The predicted molar refractivity (Wildman–Crippen MR) is 78.1 cm³/mol. The zero-order valence-corrected chi connectivity index (χ0v) is 10.8. The van der Waals surface area contributed by atoms with Gasteiger partial charge in [-0.1, -0.05) is 6.04 Å². The molecule has 1 aliphatic rings. The molecule has 6 heteroatoms. The number of fused-ring (bicyclic) bond motifs is 1. The summed E-state index contributed by atoms with van der Waals surface area (Å²) in [5.41, 5.74) is 3.73. The van der Waals surface area contributed by atoms with Crippen molar-refractivity contribution in [1.29, 1.82) is 0 Å². The van der Waals surface area contributed by atoms with Gasteiger partial charge in [-0.2, -0.15) is 0 Å². The Morgan fingerprint density at radius 3 is 3.00 bits per heavy atom. The molecule has 21 heavy (non-hydrogen) atoms. The van der Waals surface area contributed by atoms with Crippen molar-refractivity contribution in [2.24, 2.45) is 0 Å². The molecule has 3 rings (SSSR count). The Labute approximate surface area is 130 Å². The molecule has 6 nitrogen and oxygen atoms in total. The van der Waals surface area contributed by atoms with Crippen molar-refractivity contribution in [3.63, 3.8) is 0 Å². The van der Waals surface area contributed by atoms with Gasteiger partial charge in [0.15, 0.2) is 5.78 Å². The van der Waals surface area contributed by atoms with Crippen LogP contribution in [0.15, 0.2) is 22.9 Å². The van der Waals surface area contributed by atoms with E-state index < -0.39 is 83.4 Å². The number of carbonyl (C=O) groups excluding carboxylic acids is 2. The molecule has 1 fully saturated rings. The minimum Gasteiger partial charge on any atom is -0.398 e. The number of Topliss-reactive ketones (excluding diaryl/α,β-unsaturated/α-hetero) is 2. The largest absolute Gasteiger partial charge is 0.398 e. The van der Waals surface area contributed by atoms with Crippen molar-refractivity contribution in [1.82, 2.24) is 9.55 Å². The summed E-state index contributed by atoms with van der Waals surface area (Å²) in [5.74, 6) is -2.11. The van der Waals surface area contributed by atoms with Crippen LogP contribution < -0.4 is 11.3 Å². The molecule has 2 atom stereocenters. The lowest BCUT2D eigenvalue weighted by atomic mass is 9.92. The number of aryl methyl sites for hydroxylation is 1. The van der Waals surface area contributed by atoms with Crippen molar-refractivity contribution in [3.05, 3.63) is 34.3 Å². The number of benzene rings is 1. The lowest BCUT2D eigenvalue weighted by Gasteiger charge is -2.24. The molecule has 1 heterocycles. The summed E-state index contributed by atoms with van der Waals surface area (Å²) in [6.07, 6.45) is -2.27. The SMILES string of the molecule is [2H]c1c([2H])c(N)c2c(=O)n(C3C(=O)CC(=O)CC3[2H])c(C([2H])([2H])[2H])nc2c1[2H]. The minimum absolute atomic E-state index is 0.337. The number of hydrogen-bond donors (Lipinski definition) is 1. The van der Waals surface area contributed by atoms with E-state index in [4.69, 9.17) is 15.3 Å². The molecule has 1 saturated carbocycles. The molecule has 1 aromatic carbocycles. The van der Waals surface area contributed by atoms with E-state index in [-0.39, 0.29) is 6.42 Å². The number of ketones is 2. The lowest BCUT2D eigenvalue weighted by molar-refractivity contribution is -0.132. The molecule has 2 aromatic rings. The summed E-state index contributed by atoms with van der Waals surface area (Å²) in [6, 6.07) is -3.42. The summed E-state index contributed by atoms with van der Waals surface area (Å²) in [5, 5.41) is -0.462. The number of aromatic nitrogens is 2. The Balaban J connectivity index is 2.49. The highest BCUT2D eigenvalue weighted by molar-refractivity contribution is 6.03. The average molecular weight is 292 g/mol. The first-order chi connectivity index (χ1) is 12.9. The number of nitrogen functional groups attached to an aromatic ring is 1. The van der Waals surface area contributed by atoms with E-state index in [1.807, 2.05) is 0 Å². The van der Waals surface area contributed by atoms with Gasteiger partial charge in [-0.3, -0.25) is 19.0 Å². The van der Waals surface area contributed by atoms with Crippen LogP contribution in [0.25, 0.3) is 10.9 Å². The van der Waals surface area contributed by atoms with Gasteiger partial charge in [0, 0.05) is 17.6 Å². The zero-order valence-electron chi connectivity index (χ0n) is 17.8. The standard InChI is InChI=1S/C15H15N3O3/c1-8-17-11-4-2-3-10(16)14(11)15(21)18(8)12-6-5-9(19)7-13(12)20/h2-4,12H,5-7,16H2,1H3/i1D3,2D,3D,4D,6D. The Morgan fingerprint density at radius 1 is 1.48 bits per heavy atom. The van der Waals surface area contributed by atoms with Crippen molar-refractivity contribution in [3.8, 4) is 0 Å². The summed E-state index contributed by atoms with van der Waals surface area (Å²) in [7, 11) is 0. The highest BCUT2D eigenvalue weighted by Crippen LogP contribution is 2.24. The Bertz CT molecular complexity index is 1090. The molecule has 2 N–H and O–H groups in total. The van der Waals surface area contributed by atoms with Gasteiger partial charge < -0.3 is 5.73 Å². The molecule has 0 amide bonds. The van der Waals surface area contributed by atoms with Gasteiger partial charge in [-0.05, 0) is 25.3 Å². The Kier molecular flexibility index (Phi) is 1.71. The van der Waals surface area contributed by atoms with Crippen molar-refractivity contribution in [2.75, 3.05) is 5.73 Å². The van der Waals surface area contributed by atoms with Gasteiger partial charge in [0.2, 0.25) is 0 Å². The lowest BCUT2D eigenvalue weighted by Crippen LogP contribution is -2.36. The summed E-state index contributed by atoms with van der Waals surface area (Å²) < 4.78 is 55.1. The van der Waals surface area contributed by atoms with Crippen molar-refractivity contribution in [2.45, 2.75) is 32.1 Å². The fraction of sp³-hybridized carbons (Fsp3) is 0.333. The van der Waals surface area contributed by atoms with E-state index in [1.165, 1.54) is 0 Å². The Morgan fingerprint density at radius 2 is 2.29 bits per heavy atom. The fourth-order valence-corrected chi connectivity index (χ4v) is 2.34. The predicted octanol–water partition coefficient (Wildman–Crippen LogP) is 1.15. The number of rotatable bonds is 1. The third-order valence-corrected chi connectivity index (χ3v) is 3.31. The van der Waals surface area contributed by atoms with Gasteiger partial charge in [0.1, 0.15) is 11.6 Å². The molecule has 0 spiro atoms. The summed E-state index contributed by atoms with van der Waals surface area (Å²) in [4.78, 5) is 41.0. The smallest absolute Gasteiger partial charge is 0.264 e. The molecular formula is C15H15N3O3. The fourth-order valence-electron chi connectivity index (χ4n) is 2.34. The third-order valence-electron chi connectivity index (χ3n) is 3.31. The molecule has 108 valence electrons. The number of anilines is 1. The number of hydrogen-bond acceptors (Lipinski definition) is 5. The van der Waals surface area contributed by atoms with Crippen molar-refractivity contribution >= 4 is 28.2 Å². The van der Waals surface area contributed by atoms with E-state index in [0.717, 1.165) is 0 Å². The first-order valence-corrected chi connectivity index (χ1v) is 6.14. The normalized spacial score (nSPS) is 28.1. The van der Waals surface area contributed by atoms with E-state index >= 15 is 0 Å². The summed E-state index contributed by atoms with van der Waals surface area (Å²) in [6.45, 7) is -2.99. The van der Waals surface area contributed by atoms with Crippen LogP contribution in [0.1, 0.15) is 40.7 Å². The van der Waals surface area contributed by atoms with Crippen LogP contribution >= 0.6 is 0 Å². The quantitative estimate of drug-likeness (QED) is 0.628. The number of nitrogens with zero attached hydrogens (tertiary/aromatic N) is 2. The number of nitrogens with two attached hydrogens (primary N) is 1. The van der Waals surface area contributed by atoms with Gasteiger partial charge >= 0.3 is 0 Å². The van der Waals surface area contributed by atoms with Gasteiger partial charge in [-0.15, -0.1) is 0 Å². The van der Waals surface area contributed by atoms with E-state index in [0.29, 0.717) is 4.57 Å². The first kappa shape index (κ1) is 7.49. The Hall–Kier alpha value is -2.50. The topological polar surface area (TPSA) is 95.0 Å².